The summed E-state index contributed by atoms with van der Waals surface area (Å²) in [6.07, 6.45) is 0. The van der Waals surface area contributed by atoms with Crippen LogP contribution in [0.15, 0.2) is 42.5 Å². The second-order valence-corrected chi connectivity index (χ2v) is 5.41. The largest absolute Gasteiger partial charge is 0.312 e. The molecule has 102 valence electrons. The molecule has 0 N–H and O–H groups in total. The fourth-order valence-corrected chi connectivity index (χ4v) is 2.74. The molecule has 0 saturated heterocycles. The van der Waals surface area contributed by atoms with Crippen LogP contribution in [0.4, 0.5) is 10.1 Å². The molecule has 3 rings (SSSR count). The number of anilines is 1. The molecular formula is C17H16FNO. The first-order chi connectivity index (χ1) is 9.44. The van der Waals surface area contributed by atoms with Crippen molar-refractivity contribution in [1.82, 2.24) is 0 Å². The summed E-state index contributed by atoms with van der Waals surface area (Å²) in [7, 11) is 1.62. The number of likely N-dealkylation sites (N-methyl/N-ethyl adjacent to an activating group) is 1. The van der Waals surface area contributed by atoms with Crippen LogP contribution < -0.4 is 4.90 Å². The highest BCUT2D eigenvalue weighted by atomic mass is 19.1. The van der Waals surface area contributed by atoms with Gasteiger partial charge in [-0.3, -0.25) is 4.79 Å². The van der Waals surface area contributed by atoms with Crippen molar-refractivity contribution in [2.24, 2.45) is 0 Å². The average molecular weight is 269 g/mol. The van der Waals surface area contributed by atoms with Gasteiger partial charge >= 0.3 is 0 Å². The molecule has 2 aromatic rings. The summed E-state index contributed by atoms with van der Waals surface area (Å²) >= 11 is 0. The normalized spacial score (nSPS) is 21.2. The molecule has 3 heteroatoms. The molecule has 0 bridgehead atoms. The van der Waals surface area contributed by atoms with E-state index in [4.69, 9.17) is 0 Å². The molecule has 2 nitrogen and oxygen atoms in total. The SMILES string of the molecule is Cc1ccc([C@@]2(F)C(=O)N(C)c3ccc(C)cc32)cc1. The van der Waals surface area contributed by atoms with E-state index in [1.54, 1.807) is 31.3 Å². The highest BCUT2D eigenvalue weighted by Crippen LogP contribution is 2.46. The van der Waals surface area contributed by atoms with Crippen molar-refractivity contribution < 1.29 is 9.18 Å². The van der Waals surface area contributed by atoms with Crippen LogP contribution in [0.25, 0.3) is 0 Å². The number of hydrogen-bond donors (Lipinski definition) is 0. The number of benzene rings is 2. The molecule has 0 aromatic heterocycles. The summed E-state index contributed by atoms with van der Waals surface area (Å²) in [6, 6.07) is 12.5. The lowest BCUT2D eigenvalue weighted by Gasteiger charge is -2.20. The van der Waals surface area contributed by atoms with Gasteiger partial charge in [-0.25, -0.2) is 4.39 Å². The molecule has 1 amide bonds. The quantitative estimate of drug-likeness (QED) is 0.776. The molecule has 0 unspecified atom stereocenters. The first-order valence-electron chi connectivity index (χ1n) is 6.60. The third-order valence-corrected chi connectivity index (χ3v) is 3.93. The Bertz CT molecular complexity index is 693. The molecule has 0 spiro atoms. The Morgan fingerprint density at radius 2 is 1.60 bits per heavy atom. The van der Waals surface area contributed by atoms with E-state index in [0.29, 0.717) is 16.8 Å². The Hall–Kier alpha value is -2.16. The maximum Gasteiger partial charge on any atom is 0.273 e. The third-order valence-electron chi connectivity index (χ3n) is 3.93. The lowest BCUT2D eigenvalue weighted by atomic mass is 9.88. The van der Waals surface area contributed by atoms with Gasteiger partial charge in [0.25, 0.3) is 5.91 Å². The van der Waals surface area contributed by atoms with Crippen LogP contribution in [0, 0.1) is 13.8 Å². The number of alkyl halides is 1. The molecule has 0 radical (unpaired) electrons. The Balaban J connectivity index is 2.25. The summed E-state index contributed by atoms with van der Waals surface area (Å²) in [4.78, 5) is 13.8. The second-order valence-electron chi connectivity index (χ2n) is 5.41. The van der Waals surface area contributed by atoms with E-state index in [-0.39, 0.29) is 0 Å². The van der Waals surface area contributed by atoms with Gasteiger partial charge in [0.1, 0.15) is 0 Å². The van der Waals surface area contributed by atoms with Crippen molar-refractivity contribution in [2.75, 3.05) is 11.9 Å². The van der Waals surface area contributed by atoms with Crippen LogP contribution in [0.1, 0.15) is 22.3 Å². The number of carbonyl (C=O) groups excluding carboxylic acids is 1. The molecule has 1 aliphatic rings. The molecule has 0 fully saturated rings. The monoisotopic (exact) mass is 269 g/mol. The molecule has 0 saturated carbocycles. The van der Waals surface area contributed by atoms with Gasteiger partial charge in [-0.05, 0) is 26.0 Å². The lowest BCUT2D eigenvalue weighted by molar-refractivity contribution is -0.126. The van der Waals surface area contributed by atoms with E-state index in [1.165, 1.54) is 4.90 Å². The highest BCUT2D eigenvalue weighted by molar-refractivity contribution is 6.08. The molecular weight excluding hydrogens is 253 g/mol. The summed E-state index contributed by atoms with van der Waals surface area (Å²) < 4.78 is 15.6. The summed E-state index contributed by atoms with van der Waals surface area (Å²) in [5, 5.41) is 0. The van der Waals surface area contributed by atoms with E-state index >= 15 is 4.39 Å². The van der Waals surface area contributed by atoms with Crippen LogP contribution in [0.5, 0.6) is 0 Å². The van der Waals surface area contributed by atoms with Crippen molar-refractivity contribution in [1.29, 1.82) is 0 Å². The zero-order valence-corrected chi connectivity index (χ0v) is 11.8. The van der Waals surface area contributed by atoms with Gasteiger partial charge in [-0.15, -0.1) is 0 Å². The number of aryl methyl sites for hydroxylation is 2. The van der Waals surface area contributed by atoms with Crippen molar-refractivity contribution in [2.45, 2.75) is 19.5 Å². The predicted molar refractivity (Wildman–Crippen MR) is 77.7 cm³/mol. The maximum absolute atomic E-state index is 15.6. The van der Waals surface area contributed by atoms with Gasteiger partial charge in [0.2, 0.25) is 5.67 Å². The van der Waals surface area contributed by atoms with E-state index in [0.717, 1.165) is 11.1 Å². The zero-order valence-electron chi connectivity index (χ0n) is 11.8. The fourth-order valence-electron chi connectivity index (χ4n) is 2.74. The van der Waals surface area contributed by atoms with E-state index in [9.17, 15) is 4.79 Å². The maximum atomic E-state index is 15.6. The first kappa shape index (κ1) is 12.9. The molecule has 20 heavy (non-hydrogen) atoms. The van der Waals surface area contributed by atoms with E-state index in [2.05, 4.69) is 0 Å². The summed E-state index contributed by atoms with van der Waals surface area (Å²) in [6.45, 7) is 3.84. The minimum absolute atomic E-state index is 0.393. The van der Waals surface area contributed by atoms with Crippen LogP contribution in [-0.4, -0.2) is 13.0 Å². The predicted octanol–water partition coefficient (Wildman–Crippen LogP) is 3.49. The van der Waals surface area contributed by atoms with Gasteiger partial charge in [0.15, 0.2) is 0 Å². The minimum atomic E-state index is -2.08. The van der Waals surface area contributed by atoms with Gasteiger partial charge in [0.05, 0.1) is 5.69 Å². The van der Waals surface area contributed by atoms with Gasteiger partial charge < -0.3 is 4.90 Å². The number of carbonyl (C=O) groups is 1. The standard InChI is InChI=1S/C17H16FNO/c1-11-4-7-13(8-5-11)17(18)14-10-12(2)6-9-15(14)19(3)16(17)20/h4-10H,1-3H3/t17-/m0/s1. The van der Waals surface area contributed by atoms with Crippen LogP contribution in [0.3, 0.4) is 0 Å². The molecule has 2 aromatic carbocycles. The fraction of sp³-hybridized carbons (Fsp3) is 0.235. The Morgan fingerprint density at radius 3 is 2.25 bits per heavy atom. The third kappa shape index (κ3) is 1.59. The second kappa shape index (κ2) is 4.17. The number of halogens is 1. The highest BCUT2D eigenvalue weighted by Gasteiger charge is 2.51. The van der Waals surface area contributed by atoms with Gasteiger partial charge in [-0.2, -0.15) is 0 Å². The zero-order chi connectivity index (χ0) is 14.5. The van der Waals surface area contributed by atoms with Crippen molar-refractivity contribution >= 4 is 11.6 Å². The van der Waals surface area contributed by atoms with Crippen LogP contribution in [0.2, 0.25) is 0 Å². The average Bonchev–Trinajstić information content (AvgIpc) is 2.62. The number of fused-ring (bicyclic) bond motifs is 1. The summed E-state index contributed by atoms with van der Waals surface area (Å²) in [5.41, 5.74) is 1.38. The minimum Gasteiger partial charge on any atom is -0.312 e. The number of amides is 1. The van der Waals surface area contributed by atoms with Crippen molar-refractivity contribution in [3.63, 3.8) is 0 Å². The number of rotatable bonds is 1. The van der Waals surface area contributed by atoms with E-state index < -0.39 is 11.6 Å². The first-order valence-corrected chi connectivity index (χ1v) is 6.60. The van der Waals surface area contributed by atoms with Crippen molar-refractivity contribution in [3.05, 3.63) is 64.7 Å². The Labute approximate surface area is 117 Å². The van der Waals surface area contributed by atoms with Crippen LogP contribution in [-0.2, 0) is 10.5 Å². The number of hydrogen-bond acceptors (Lipinski definition) is 1. The van der Waals surface area contributed by atoms with Gasteiger partial charge in [-0.1, -0.05) is 41.5 Å². The van der Waals surface area contributed by atoms with E-state index in [1.807, 2.05) is 32.0 Å². The van der Waals surface area contributed by atoms with Crippen molar-refractivity contribution in [3.8, 4) is 0 Å². The Morgan fingerprint density at radius 1 is 1.00 bits per heavy atom. The molecule has 1 aliphatic heterocycles. The molecule has 1 heterocycles. The topological polar surface area (TPSA) is 20.3 Å². The number of nitrogens with zero attached hydrogens (tertiary/aromatic N) is 1. The lowest BCUT2D eigenvalue weighted by Crippen LogP contribution is -2.35. The smallest absolute Gasteiger partial charge is 0.273 e. The molecule has 1 atom stereocenters. The Kier molecular flexibility index (Phi) is 2.68. The van der Waals surface area contributed by atoms with Crippen LogP contribution >= 0.6 is 0 Å². The summed E-state index contributed by atoms with van der Waals surface area (Å²) in [5.74, 6) is -0.526. The molecule has 0 aliphatic carbocycles. The van der Waals surface area contributed by atoms with Gasteiger partial charge in [0, 0.05) is 18.2 Å².